The maximum Gasteiger partial charge on any atom is 0.404 e. The van der Waals surface area contributed by atoms with Gasteiger partial charge in [-0.25, -0.2) is 4.79 Å². The quantitative estimate of drug-likeness (QED) is 0.886. The summed E-state index contributed by atoms with van der Waals surface area (Å²) in [5.41, 5.74) is 6.39. The predicted molar refractivity (Wildman–Crippen MR) is 70.0 cm³/mol. The van der Waals surface area contributed by atoms with Crippen LogP contribution in [-0.4, -0.2) is 30.2 Å². The van der Waals surface area contributed by atoms with Crippen LogP contribution in [0.2, 0.25) is 0 Å². The van der Waals surface area contributed by atoms with E-state index in [1.54, 1.807) is 0 Å². The third-order valence-electron chi connectivity index (χ3n) is 3.50. The van der Waals surface area contributed by atoms with Crippen molar-refractivity contribution >= 4 is 6.09 Å². The minimum Gasteiger partial charge on any atom is -0.445 e. The summed E-state index contributed by atoms with van der Waals surface area (Å²) < 4.78 is 5.18. The summed E-state index contributed by atoms with van der Waals surface area (Å²) in [4.78, 5) is 13.2. The number of hydrogen-bond donors (Lipinski definition) is 1. The fourth-order valence-corrected chi connectivity index (χ4v) is 2.57. The van der Waals surface area contributed by atoms with Gasteiger partial charge in [-0.3, -0.25) is 4.90 Å². The summed E-state index contributed by atoms with van der Waals surface area (Å²) >= 11 is 0. The Morgan fingerprint density at radius 3 is 2.72 bits per heavy atom. The third kappa shape index (κ3) is 3.23. The molecule has 0 aliphatic carbocycles. The number of ether oxygens (including phenoxy) is 1. The highest BCUT2D eigenvalue weighted by molar-refractivity contribution is 5.64. The molecule has 1 saturated heterocycles. The van der Waals surface area contributed by atoms with Crippen molar-refractivity contribution in [3.63, 3.8) is 0 Å². The van der Waals surface area contributed by atoms with Gasteiger partial charge < -0.3 is 10.5 Å². The van der Waals surface area contributed by atoms with Crippen LogP contribution in [0.25, 0.3) is 0 Å². The minimum absolute atomic E-state index is 0.0591. The standard InChI is InChI=1S/C14H20N2O2/c1-2-12-9-16(10-13(12)18-14(15)17)8-11-6-4-3-5-7-11/h3-7,12-13H,2,8-10H2,1H3,(H2,15,17)/t12-,13-/m1/s1. The molecule has 4 heteroatoms. The molecule has 98 valence electrons. The molecular formula is C14H20N2O2. The molecule has 1 aliphatic heterocycles. The fourth-order valence-electron chi connectivity index (χ4n) is 2.57. The Kier molecular flexibility index (Phi) is 4.20. The largest absolute Gasteiger partial charge is 0.445 e. The summed E-state index contributed by atoms with van der Waals surface area (Å²) in [6.07, 6.45) is 0.277. The minimum atomic E-state index is -0.667. The Morgan fingerprint density at radius 2 is 2.11 bits per heavy atom. The van der Waals surface area contributed by atoms with E-state index in [0.717, 1.165) is 26.1 Å². The third-order valence-corrected chi connectivity index (χ3v) is 3.50. The first-order valence-electron chi connectivity index (χ1n) is 6.41. The highest BCUT2D eigenvalue weighted by Gasteiger charge is 2.33. The van der Waals surface area contributed by atoms with Crippen LogP contribution in [0.5, 0.6) is 0 Å². The number of carbonyl (C=O) groups is 1. The van der Waals surface area contributed by atoms with Crippen molar-refractivity contribution in [1.82, 2.24) is 4.90 Å². The molecule has 0 spiro atoms. The van der Waals surface area contributed by atoms with E-state index in [1.165, 1.54) is 5.56 Å². The molecule has 1 fully saturated rings. The molecule has 4 nitrogen and oxygen atoms in total. The van der Waals surface area contributed by atoms with E-state index in [0.29, 0.717) is 5.92 Å². The van der Waals surface area contributed by atoms with Crippen LogP contribution in [0.4, 0.5) is 4.79 Å². The van der Waals surface area contributed by atoms with E-state index >= 15 is 0 Å². The van der Waals surface area contributed by atoms with E-state index in [4.69, 9.17) is 10.5 Å². The predicted octanol–water partition coefficient (Wildman–Crippen LogP) is 1.99. The molecule has 0 unspecified atom stereocenters. The van der Waals surface area contributed by atoms with Crippen LogP contribution in [0.1, 0.15) is 18.9 Å². The normalized spacial score (nSPS) is 24.1. The number of primary amides is 1. The van der Waals surface area contributed by atoms with Crippen molar-refractivity contribution in [3.8, 4) is 0 Å². The van der Waals surface area contributed by atoms with Gasteiger partial charge in [-0.15, -0.1) is 0 Å². The summed E-state index contributed by atoms with van der Waals surface area (Å²) in [6.45, 7) is 4.75. The van der Waals surface area contributed by atoms with E-state index in [-0.39, 0.29) is 6.10 Å². The molecule has 1 aromatic carbocycles. The molecule has 1 aliphatic rings. The van der Waals surface area contributed by atoms with Gasteiger partial charge in [0.05, 0.1) is 0 Å². The fraction of sp³-hybridized carbons (Fsp3) is 0.500. The Labute approximate surface area is 108 Å². The molecule has 0 bridgehead atoms. The van der Waals surface area contributed by atoms with E-state index < -0.39 is 6.09 Å². The molecule has 2 atom stereocenters. The van der Waals surface area contributed by atoms with Gasteiger partial charge in [0.25, 0.3) is 0 Å². The zero-order valence-corrected chi connectivity index (χ0v) is 10.7. The van der Waals surface area contributed by atoms with Crippen LogP contribution in [0.15, 0.2) is 30.3 Å². The second-order valence-electron chi connectivity index (χ2n) is 4.82. The Bertz CT molecular complexity index is 394. The average molecular weight is 248 g/mol. The Balaban J connectivity index is 1.94. The first-order chi connectivity index (χ1) is 8.69. The molecule has 0 saturated carbocycles. The lowest BCUT2D eigenvalue weighted by Gasteiger charge is -2.15. The van der Waals surface area contributed by atoms with Gasteiger partial charge in [-0.2, -0.15) is 0 Å². The molecular weight excluding hydrogens is 228 g/mol. The van der Waals surface area contributed by atoms with Crippen molar-refractivity contribution in [2.45, 2.75) is 26.0 Å². The topological polar surface area (TPSA) is 55.6 Å². The zero-order valence-electron chi connectivity index (χ0n) is 10.7. The second-order valence-corrected chi connectivity index (χ2v) is 4.82. The lowest BCUT2D eigenvalue weighted by Crippen LogP contribution is -2.29. The van der Waals surface area contributed by atoms with Crippen molar-refractivity contribution in [3.05, 3.63) is 35.9 Å². The van der Waals surface area contributed by atoms with Crippen LogP contribution < -0.4 is 5.73 Å². The summed E-state index contributed by atoms with van der Waals surface area (Å²) in [5, 5.41) is 0. The summed E-state index contributed by atoms with van der Waals surface area (Å²) in [5.74, 6) is 0.390. The molecule has 1 aromatic rings. The van der Waals surface area contributed by atoms with E-state index in [1.807, 2.05) is 18.2 Å². The average Bonchev–Trinajstić information content (AvgIpc) is 2.71. The number of carbonyl (C=O) groups excluding carboxylic acids is 1. The van der Waals surface area contributed by atoms with Crippen molar-refractivity contribution < 1.29 is 9.53 Å². The highest BCUT2D eigenvalue weighted by atomic mass is 16.6. The smallest absolute Gasteiger partial charge is 0.404 e. The summed E-state index contributed by atoms with van der Waals surface area (Å²) in [7, 11) is 0. The lowest BCUT2D eigenvalue weighted by atomic mass is 10.0. The summed E-state index contributed by atoms with van der Waals surface area (Å²) in [6, 6.07) is 10.3. The molecule has 2 rings (SSSR count). The van der Waals surface area contributed by atoms with Gasteiger partial charge in [0.15, 0.2) is 0 Å². The van der Waals surface area contributed by atoms with Crippen LogP contribution >= 0.6 is 0 Å². The number of benzene rings is 1. The number of amides is 1. The Hall–Kier alpha value is -1.55. The maximum absolute atomic E-state index is 10.9. The maximum atomic E-state index is 10.9. The van der Waals surface area contributed by atoms with Gasteiger partial charge in [0, 0.05) is 25.6 Å². The zero-order chi connectivity index (χ0) is 13.0. The second kappa shape index (κ2) is 5.87. The van der Waals surface area contributed by atoms with Gasteiger partial charge in [0.2, 0.25) is 0 Å². The molecule has 1 heterocycles. The molecule has 2 N–H and O–H groups in total. The van der Waals surface area contributed by atoms with Gasteiger partial charge >= 0.3 is 6.09 Å². The lowest BCUT2D eigenvalue weighted by molar-refractivity contribution is 0.0877. The SMILES string of the molecule is CC[C@@H]1CN(Cc2ccccc2)C[C@H]1OC(N)=O. The highest BCUT2D eigenvalue weighted by Crippen LogP contribution is 2.24. The number of nitrogens with zero attached hydrogens (tertiary/aromatic N) is 1. The van der Waals surface area contributed by atoms with Gasteiger partial charge in [0.1, 0.15) is 6.10 Å². The van der Waals surface area contributed by atoms with Gasteiger partial charge in [-0.05, 0) is 12.0 Å². The Morgan fingerprint density at radius 1 is 1.39 bits per heavy atom. The number of likely N-dealkylation sites (tertiary alicyclic amines) is 1. The molecule has 0 radical (unpaired) electrons. The number of nitrogens with two attached hydrogens (primary N) is 1. The van der Waals surface area contributed by atoms with Crippen molar-refractivity contribution in [2.75, 3.05) is 13.1 Å². The number of rotatable bonds is 4. The molecule has 18 heavy (non-hydrogen) atoms. The van der Waals surface area contributed by atoms with Crippen LogP contribution in [0, 0.1) is 5.92 Å². The van der Waals surface area contributed by atoms with Gasteiger partial charge in [-0.1, -0.05) is 37.3 Å². The van der Waals surface area contributed by atoms with E-state index in [2.05, 4.69) is 24.0 Å². The molecule has 0 aromatic heterocycles. The van der Waals surface area contributed by atoms with Crippen molar-refractivity contribution in [1.29, 1.82) is 0 Å². The first kappa shape index (κ1) is 12.9. The van der Waals surface area contributed by atoms with Crippen LogP contribution in [0.3, 0.4) is 0 Å². The number of hydrogen-bond acceptors (Lipinski definition) is 3. The monoisotopic (exact) mass is 248 g/mol. The van der Waals surface area contributed by atoms with Crippen LogP contribution in [-0.2, 0) is 11.3 Å². The molecule has 1 amide bonds. The van der Waals surface area contributed by atoms with Crippen molar-refractivity contribution in [2.24, 2.45) is 11.7 Å². The first-order valence-corrected chi connectivity index (χ1v) is 6.41. The van der Waals surface area contributed by atoms with E-state index in [9.17, 15) is 4.79 Å².